The van der Waals surface area contributed by atoms with Gasteiger partial charge in [-0.15, -0.1) is 11.8 Å². The molecule has 0 saturated heterocycles. The number of ether oxygens (including phenoxy) is 1. The first-order valence-corrected chi connectivity index (χ1v) is 11.4. The maximum Gasteiger partial charge on any atom is 0.501 e. The van der Waals surface area contributed by atoms with Crippen LogP contribution >= 0.6 is 11.8 Å². The molecule has 0 N–H and O–H groups in total. The zero-order valence-corrected chi connectivity index (χ0v) is 18.7. The van der Waals surface area contributed by atoms with E-state index in [4.69, 9.17) is 9.26 Å². The number of rotatable bonds is 7. The van der Waals surface area contributed by atoms with Crippen molar-refractivity contribution in [3.8, 4) is 17.1 Å². The molecular formula is C24H21N4O4S+. The van der Waals surface area contributed by atoms with Crippen LogP contribution in [0.2, 0.25) is 0 Å². The van der Waals surface area contributed by atoms with E-state index in [-0.39, 0.29) is 24.4 Å². The summed E-state index contributed by atoms with van der Waals surface area (Å²) in [6.07, 6.45) is 2.39. The SMILES string of the molecule is COc1ccccc1-c1noc(C[N+]2=C3C=CSC3C(=O)N(CCc3ccccc3)C2=O)n1. The van der Waals surface area contributed by atoms with Crippen molar-refractivity contribution in [1.29, 1.82) is 0 Å². The van der Waals surface area contributed by atoms with E-state index < -0.39 is 5.25 Å². The Kier molecular flexibility index (Phi) is 5.78. The van der Waals surface area contributed by atoms with Gasteiger partial charge in [0.15, 0.2) is 11.8 Å². The van der Waals surface area contributed by atoms with E-state index >= 15 is 0 Å². The van der Waals surface area contributed by atoms with Crippen LogP contribution < -0.4 is 4.74 Å². The Labute approximate surface area is 194 Å². The summed E-state index contributed by atoms with van der Waals surface area (Å²) in [5.41, 5.74) is 2.40. The van der Waals surface area contributed by atoms with Crippen LogP contribution in [0.5, 0.6) is 5.75 Å². The first-order chi connectivity index (χ1) is 16.2. The first-order valence-electron chi connectivity index (χ1n) is 10.5. The summed E-state index contributed by atoms with van der Waals surface area (Å²) in [5.74, 6) is 1.08. The molecular weight excluding hydrogens is 440 g/mol. The molecule has 0 spiro atoms. The van der Waals surface area contributed by atoms with Gasteiger partial charge in [-0.1, -0.05) is 47.6 Å². The molecule has 1 unspecified atom stereocenters. The van der Waals surface area contributed by atoms with Gasteiger partial charge in [-0.2, -0.15) is 19.3 Å². The number of amides is 3. The molecule has 166 valence electrons. The lowest BCUT2D eigenvalue weighted by Crippen LogP contribution is -2.55. The molecule has 0 saturated carbocycles. The van der Waals surface area contributed by atoms with Gasteiger partial charge in [0.05, 0.1) is 12.7 Å². The number of methoxy groups -OCH3 is 1. The van der Waals surface area contributed by atoms with E-state index in [2.05, 4.69) is 10.1 Å². The number of hydrogen-bond acceptors (Lipinski definition) is 7. The molecule has 8 nitrogen and oxygen atoms in total. The number of thioether (sulfide) groups is 1. The minimum absolute atomic E-state index is 0.0762. The number of carbonyl (C=O) groups is 2. The minimum Gasteiger partial charge on any atom is -0.496 e. The lowest BCUT2D eigenvalue weighted by Gasteiger charge is -2.23. The van der Waals surface area contributed by atoms with Gasteiger partial charge in [-0.3, -0.25) is 0 Å². The van der Waals surface area contributed by atoms with E-state index in [0.29, 0.717) is 35.8 Å². The molecule has 3 amide bonds. The van der Waals surface area contributed by atoms with E-state index in [0.717, 1.165) is 5.56 Å². The predicted molar refractivity (Wildman–Crippen MR) is 123 cm³/mol. The topological polar surface area (TPSA) is 88.5 Å². The summed E-state index contributed by atoms with van der Waals surface area (Å²) in [6, 6.07) is 16.8. The van der Waals surface area contributed by atoms with Crippen molar-refractivity contribution in [1.82, 2.24) is 15.0 Å². The van der Waals surface area contributed by atoms with Crippen molar-refractivity contribution in [3.63, 3.8) is 0 Å². The van der Waals surface area contributed by atoms with Crippen LogP contribution in [0.1, 0.15) is 11.5 Å². The van der Waals surface area contributed by atoms with Crippen molar-refractivity contribution in [3.05, 3.63) is 77.5 Å². The fourth-order valence-corrected chi connectivity index (χ4v) is 4.86. The Bertz CT molecular complexity index is 1270. The average Bonchev–Trinajstić information content (AvgIpc) is 3.52. The first kappa shape index (κ1) is 21.1. The Morgan fingerprint density at radius 1 is 1.12 bits per heavy atom. The molecule has 1 atom stereocenters. The highest BCUT2D eigenvalue weighted by atomic mass is 32.2. The second-order valence-corrected chi connectivity index (χ2v) is 8.57. The quantitative estimate of drug-likeness (QED) is 0.497. The third-order valence-electron chi connectivity index (χ3n) is 5.56. The lowest BCUT2D eigenvalue weighted by molar-refractivity contribution is -0.458. The zero-order chi connectivity index (χ0) is 22.8. The lowest BCUT2D eigenvalue weighted by atomic mass is 10.1. The second kappa shape index (κ2) is 9.03. The van der Waals surface area contributed by atoms with Crippen LogP contribution in [0, 0.1) is 0 Å². The monoisotopic (exact) mass is 461 g/mol. The number of benzene rings is 2. The number of nitrogens with zero attached hydrogens (tertiary/aromatic N) is 4. The molecule has 0 bridgehead atoms. The predicted octanol–water partition coefficient (Wildman–Crippen LogP) is 3.53. The summed E-state index contributed by atoms with van der Waals surface area (Å²) in [7, 11) is 1.58. The van der Waals surface area contributed by atoms with Crippen LogP contribution in [0.15, 0.2) is 70.6 Å². The maximum absolute atomic E-state index is 13.3. The van der Waals surface area contributed by atoms with Crippen LogP contribution in [0.25, 0.3) is 11.4 Å². The highest BCUT2D eigenvalue weighted by molar-refractivity contribution is 8.04. The molecule has 2 aliphatic heterocycles. The Morgan fingerprint density at radius 3 is 2.73 bits per heavy atom. The molecule has 2 aliphatic rings. The number of hydrogen-bond donors (Lipinski definition) is 0. The van der Waals surface area contributed by atoms with Crippen LogP contribution in [-0.4, -0.2) is 56.2 Å². The Hall–Kier alpha value is -3.72. The third-order valence-corrected chi connectivity index (χ3v) is 6.57. The number of aromatic nitrogens is 2. The number of para-hydroxylation sites is 1. The maximum atomic E-state index is 13.3. The average molecular weight is 462 g/mol. The normalized spacial score (nSPS) is 17.6. The molecule has 5 rings (SSSR count). The summed E-state index contributed by atoms with van der Waals surface area (Å²) in [6.45, 7) is 0.381. The van der Waals surface area contributed by atoms with Gasteiger partial charge in [-0.05, 0) is 29.2 Å². The summed E-state index contributed by atoms with van der Waals surface area (Å²) < 4.78 is 12.4. The minimum atomic E-state index is -0.449. The van der Waals surface area contributed by atoms with Crippen molar-refractivity contribution < 1.29 is 23.4 Å². The molecule has 0 fully saturated rings. The molecule has 3 aromatic rings. The van der Waals surface area contributed by atoms with Gasteiger partial charge in [0.1, 0.15) is 18.0 Å². The van der Waals surface area contributed by atoms with E-state index in [1.165, 1.54) is 16.7 Å². The van der Waals surface area contributed by atoms with Gasteiger partial charge in [0.25, 0.3) is 5.89 Å². The summed E-state index contributed by atoms with van der Waals surface area (Å²) in [4.78, 5) is 32.2. The fourth-order valence-electron chi connectivity index (χ4n) is 3.90. The van der Waals surface area contributed by atoms with Crippen LogP contribution in [0.3, 0.4) is 0 Å². The van der Waals surface area contributed by atoms with Gasteiger partial charge in [0.2, 0.25) is 5.82 Å². The largest absolute Gasteiger partial charge is 0.501 e. The number of imide groups is 1. The molecule has 0 radical (unpaired) electrons. The van der Waals surface area contributed by atoms with Gasteiger partial charge in [-0.25, -0.2) is 4.79 Å². The third kappa shape index (κ3) is 4.07. The molecule has 2 aromatic carbocycles. The molecule has 33 heavy (non-hydrogen) atoms. The highest BCUT2D eigenvalue weighted by Gasteiger charge is 2.49. The second-order valence-electron chi connectivity index (χ2n) is 7.55. The smallest absolute Gasteiger partial charge is 0.496 e. The Morgan fingerprint density at radius 2 is 1.91 bits per heavy atom. The van der Waals surface area contributed by atoms with Crippen molar-refractivity contribution >= 4 is 29.4 Å². The molecule has 1 aromatic heterocycles. The Balaban J connectivity index is 1.40. The van der Waals surface area contributed by atoms with E-state index in [1.54, 1.807) is 17.8 Å². The van der Waals surface area contributed by atoms with Crippen molar-refractivity contribution in [2.24, 2.45) is 0 Å². The van der Waals surface area contributed by atoms with Crippen molar-refractivity contribution in [2.45, 2.75) is 18.2 Å². The molecule has 3 heterocycles. The highest BCUT2D eigenvalue weighted by Crippen LogP contribution is 2.30. The van der Waals surface area contributed by atoms with Gasteiger partial charge >= 0.3 is 11.9 Å². The zero-order valence-electron chi connectivity index (χ0n) is 17.9. The van der Waals surface area contributed by atoms with Gasteiger partial charge < -0.3 is 9.26 Å². The summed E-state index contributed by atoms with van der Waals surface area (Å²) >= 11 is 1.40. The standard InChI is InChI=1S/C24H21N4O4S/c1-31-19-10-6-5-9-17(19)22-25-20(32-26-22)15-28-18-12-14-33-21(18)23(29)27(24(28)30)13-11-16-7-3-2-4-8-16/h2-10,12,14,21H,11,13,15H2,1H3/q+1. The number of fused-ring (bicyclic) bond motifs is 1. The number of urea groups is 1. The van der Waals surface area contributed by atoms with Crippen molar-refractivity contribution in [2.75, 3.05) is 13.7 Å². The van der Waals surface area contributed by atoms with Gasteiger partial charge in [0, 0.05) is 6.42 Å². The number of allylic oxidation sites excluding steroid dienone is 1. The van der Waals surface area contributed by atoms with Crippen LogP contribution in [-0.2, 0) is 17.8 Å². The summed E-state index contributed by atoms with van der Waals surface area (Å²) in [5, 5.41) is 5.46. The van der Waals surface area contributed by atoms with Crippen LogP contribution in [0.4, 0.5) is 4.79 Å². The molecule has 9 heteroatoms. The molecule has 0 aliphatic carbocycles. The number of carbonyl (C=O) groups excluding carboxylic acids is 2. The van der Waals surface area contributed by atoms with E-state index in [9.17, 15) is 9.59 Å². The van der Waals surface area contributed by atoms with E-state index in [1.807, 2.05) is 60.0 Å². The fraction of sp³-hybridized carbons (Fsp3) is 0.208.